The maximum atomic E-state index is 12.8. The molecule has 1 aromatic rings. The lowest BCUT2D eigenvalue weighted by atomic mass is 10.4. The zero-order chi connectivity index (χ0) is 14.9. The summed E-state index contributed by atoms with van der Waals surface area (Å²) in [6.07, 6.45) is 6.34. The monoisotopic (exact) mass is 311 g/mol. The van der Waals surface area contributed by atoms with Crippen LogP contribution < -0.4 is 5.32 Å². The van der Waals surface area contributed by atoms with Crippen LogP contribution in [0.4, 0.5) is 0 Å². The van der Waals surface area contributed by atoms with Gasteiger partial charge in [-0.3, -0.25) is 0 Å². The molecule has 0 spiro atoms. The van der Waals surface area contributed by atoms with Gasteiger partial charge in [-0.05, 0) is 50.1 Å². The number of nitrogens with one attached hydrogen (secondary N) is 2. The Bertz CT molecular complexity index is 559. The molecule has 5 nitrogen and oxygen atoms in total. The standard InChI is InChI=1S/C15H25N3O2S/c1-2-16-8-14-7-15(9-17-14)21(19,20)18(10-12-3-4-12)11-13-5-6-13/h7,9,12-13,16-17H,2-6,8,10-11H2,1H3. The molecule has 2 aliphatic rings. The predicted molar refractivity (Wildman–Crippen MR) is 82.4 cm³/mol. The fourth-order valence-corrected chi connectivity index (χ4v) is 4.14. The molecule has 0 atom stereocenters. The molecule has 0 radical (unpaired) electrons. The first-order chi connectivity index (χ1) is 10.1. The van der Waals surface area contributed by atoms with Crippen molar-refractivity contribution in [1.82, 2.24) is 14.6 Å². The van der Waals surface area contributed by atoms with Gasteiger partial charge in [0.05, 0.1) is 4.90 Å². The normalized spacial score (nSPS) is 19.3. The summed E-state index contributed by atoms with van der Waals surface area (Å²) >= 11 is 0. The molecule has 21 heavy (non-hydrogen) atoms. The highest BCUT2D eigenvalue weighted by Crippen LogP contribution is 2.36. The molecule has 2 fully saturated rings. The first-order valence-electron chi connectivity index (χ1n) is 7.97. The van der Waals surface area contributed by atoms with Crippen LogP contribution in [0.5, 0.6) is 0 Å². The van der Waals surface area contributed by atoms with Gasteiger partial charge in [-0.2, -0.15) is 4.31 Å². The Balaban J connectivity index is 1.73. The maximum Gasteiger partial charge on any atom is 0.244 e. The number of nitrogens with zero attached hydrogens (tertiary/aromatic N) is 1. The molecule has 118 valence electrons. The summed E-state index contributed by atoms with van der Waals surface area (Å²) < 4.78 is 27.4. The number of aromatic nitrogens is 1. The molecular weight excluding hydrogens is 286 g/mol. The zero-order valence-corrected chi connectivity index (χ0v) is 13.5. The lowest BCUT2D eigenvalue weighted by molar-refractivity contribution is 0.382. The second kappa shape index (κ2) is 6.10. The molecule has 1 aromatic heterocycles. The number of sulfonamides is 1. The van der Waals surface area contributed by atoms with Crippen LogP contribution in [0.2, 0.25) is 0 Å². The van der Waals surface area contributed by atoms with Crippen LogP contribution >= 0.6 is 0 Å². The summed E-state index contributed by atoms with van der Waals surface area (Å²) in [5, 5.41) is 3.20. The zero-order valence-electron chi connectivity index (χ0n) is 12.6. The van der Waals surface area contributed by atoms with E-state index in [4.69, 9.17) is 0 Å². The topological polar surface area (TPSA) is 65.2 Å². The van der Waals surface area contributed by atoms with Gasteiger partial charge in [0.15, 0.2) is 0 Å². The van der Waals surface area contributed by atoms with E-state index in [0.29, 0.717) is 36.4 Å². The average molecular weight is 311 g/mol. The predicted octanol–water partition coefficient (Wildman–Crippen LogP) is 1.93. The minimum atomic E-state index is -3.34. The van der Waals surface area contributed by atoms with E-state index in [-0.39, 0.29) is 0 Å². The molecule has 2 aliphatic carbocycles. The van der Waals surface area contributed by atoms with Gasteiger partial charge in [-0.25, -0.2) is 8.42 Å². The number of hydrogen-bond donors (Lipinski definition) is 2. The Morgan fingerprint density at radius 2 is 1.86 bits per heavy atom. The highest BCUT2D eigenvalue weighted by molar-refractivity contribution is 7.89. The van der Waals surface area contributed by atoms with Gasteiger partial charge in [0, 0.05) is 31.5 Å². The molecule has 0 unspecified atom stereocenters. The molecule has 0 amide bonds. The van der Waals surface area contributed by atoms with Crippen LogP contribution in [0.15, 0.2) is 17.2 Å². The molecule has 0 saturated heterocycles. The van der Waals surface area contributed by atoms with Crippen molar-refractivity contribution in [2.75, 3.05) is 19.6 Å². The van der Waals surface area contributed by atoms with Gasteiger partial charge in [-0.1, -0.05) is 6.92 Å². The van der Waals surface area contributed by atoms with Crippen molar-refractivity contribution in [2.45, 2.75) is 44.0 Å². The number of aromatic amines is 1. The first kappa shape index (κ1) is 15.1. The van der Waals surface area contributed by atoms with Crippen LogP contribution in [0.1, 0.15) is 38.3 Å². The molecule has 6 heteroatoms. The molecule has 2 N–H and O–H groups in total. The molecule has 1 heterocycles. The van der Waals surface area contributed by atoms with Gasteiger partial charge in [0.25, 0.3) is 0 Å². The smallest absolute Gasteiger partial charge is 0.244 e. The van der Waals surface area contributed by atoms with Gasteiger partial charge in [-0.15, -0.1) is 0 Å². The third-order valence-electron chi connectivity index (χ3n) is 4.24. The lowest BCUT2D eigenvalue weighted by Crippen LogP contribution is -2.34. The van der Waals surface area contributed by atoms with Gasteiger partial charge >= 0.3 is 0 Å². The Morgan fingerprint density at radius 3 is 2.38 bits per heavy atom. The van der Waals surface area contributed by atoms with E-state index in [0.717, 1.165) is 12.2 Å². The van der Waals surface area contributed by atoms with E-state index in [9.17, 15) is 8.42 Å². The van der Waals surface area contributed by atoms with Crippen molar-refractivity contribution >= 4 is 10.0 Å². The summed E-state index contributed by atoms with van der Waals surface area (Å²) in [7, 11) is -3.34. The Morgan fingerprint density at radius 1 is 1.24 bits per heavy atom. The first-order valence-corrected chi connectivity index (χ1v) is 9.41. The molecule has 0 aliphatic heterocycles. The van der Waals surface area contributed by atoms with Crippen LogP contribution in [0.25, 0.3) is 0 Å². The summed E-state index contributed by atoms with van der Waals surface area (Å²) in [6, 6.07) is 1.77. The van der Waals surface area contributed by atoms with Crippen molar-refractivity contribution < 1.29 is 8.42 Å². The SMILES string of the molecule is CCNCc1cc(S(=O)(=O)N(CC2CC2)CC2CC2)c[nH]1. The van der Waals surface area contributed by atoms with E-state index >= 15 is 0 Å². The largest absolute Gasteiger partial charge is 0.363 e. The number of hydrogen-bond acceptors (Lipinski definition) is 3. The fourth-order valence-electron chi connectivity index (χ4n) is 2.53. The van der Waals surface area contributed by atoms with Gasteiger partial charge in [0.2, 0.25) is 10.0 Å². The van der Waals surface area contributed by atoms with E-state index in [2.05, 4.69) is 10.3 Å². The van der Waals surface area contributed by atoms with Crippen molar-refractivity contribution in [3.63, 3.8) is 0 Å². The fraction of sp³-hybridized carbons (Fsp3) is 0.733. The molecular formula is C15H25N3O2S. The Hall–Kier alpha value is -0.850. The van der Waals surface area contributed by atoms with E-state index in [1.807, 2.05) is 6.92 Å². The Kier molecular flexibility index (Phi) is 4.38. The average Bonchev–Trinajstić information content (AvgIpc) is 3.38. The van der Waals surface area contributed by atoms with Crippen LogP contribution in [-0.2, 0) is 16.6 Å². The molecule has 3 rings (SSSR count). The van der Waals surface area contributed by atoms with Crippen LogP contribution in [0.3, 0.4) is 0 Å². The summed E-state index contributed by atoms with van der Waals surface area (Å²) in [6.45, 7) is 4.99. The molecule has 0 bridgehead atoms. The van der Waals surface area contributed by atoms with E-state index in [1.165, 1.54) is 25.7 Å². The summed E-state index contributed by atoms with van der Waals surface area (Å²) in [4.78, 5) is 3.48. The maximum absolute atomic E-state index is 12.8. The molecule has 2 saturated carbocycles. The highest BCUT2D eigenvalue weighted by atomic mass is 32.2. The second-order valence-electron chi connectivity index (χ2n) is 6.35. The lowest BCUT2D eigenvalue weighted by Gasteiger charge is -2.21. The van der Waals surface area contributed by atoms with Crippen LogP contribution in [0, 0.1) is 11.8 Å². The van der Waals surface area contributed by atoms with Crippen LogP contribution in [-0.4, -0.2) is 37.3 Å². The van der Waals surface area contributed by atoms with Gasteiger partial charge in [0.1, 0.15) is 0 Å². The Labute approximate surface area is 127 Å². The summed E-state index contributed by atoms with van der Waals surface area (Å²) in [5.41, 5.74) is 0.924. The summed E-state index contributed by atoms with van der Waals surface area (Å²) in [5.74, 6) is 1.16. The minimum absolute atomic E-state index is 0.414. The van der Waals surface area contributed by atoms with Crippen molar-refractivity contribution in [3.8, 4) is 0 Å². The quantitative estimate of drug-likeness (QED) is 0.732. The van der Waals surface area contributed by atoms with E-state index in [1.54, 1.807) is 16.6 Å². The van der Waals surface area contributed by atoms with Crippen molar-refractivity contribution in [1.29, 1.82) is 0 Å². The van der Waals surface area contributed by atoms with Crippen molar-refractivity contribution in [2.24, 2.45) is 11.8 Å². The third-order valence-corrected chi connectivity index (χ3v) is 6.05. The van der Waals surface area contributed by atoms with E-state index < -0.39 is 10.0 Å². The third kappa shape index (κ3) is 3.87. The second-order valence-corrected chi connectivity index (χ2v) is 8.29. The number of rotatable bonds is 9. The van der Waals surface area contributed by atoms with Gasteiger partial charge < -0.3 is 10.3 Å². The highest BCUT2D eigenvalue weighted by Gasteiger charge is 2.35. The number of H-pyrrole nitrogens is 1. The molecule has 0 aromatic carbocycles. The minimum Gasteiger partial charge on any atom is -0.363 e. The van der Waals surface area contributed by atoms with Crippen molar-refractivity contribution in [3.05, 3.63) is 18.0 Å².